The van der Waals surface area contributed by atoms with E-state index in [-0.39, 0.29) is 15.8 Å². The van der Waals surface area contributed by atoms with Crippen molar-refractivity contribution in [3.05, 3.63) is 44.6 Å². The second kappa shape index (κ2) is 6.58. The Kier molecular flexibility index (Phi) is 5.40. The maximum atomic E-state index is 11.6. The Hall–Kier alpha value is -1.30. The average Bonchev–Trinajstić information content (AvgIpc) is 2.22. The minimum atomic E-state index is -0.406. The fraction of sp³-hybridized carbons (Fsp3) is 0.273. The van der Waals surface area contributed by atoms with Crippen LogP contribution in [0.2, 0.25) is 10.0 Å². The zero-order valence-electron chi connectivity index (χ0n) is 9.94. The van der Waals surface area contributed by atoms with Gasteiger partial charge in [0.05, 0.1) is 17.8 Å². The molecule has 0 saturated carbocycles. The van der Waals surface area contributed by atoms with Crippen molar-refractivity contribution >= 4 is 23.2 Å². The zero-order valence-corrected chi connectivity index (χ0v) is 11.5. The summed E-state index contributed by atoms with van der Waals surface area (Å²) >= 11 is 11.6. The molecule has 0 aliphatic rings. The van der Waals surface area contributed by atoms with Gasteiger partial charge in [0.2, 0.25) is 0 Å². The smallest absolute Gasteiger partial charge is 0.250 e. The maximum absolute atomic E-state index is 11.6. The fourth-order valence-corrected chi connectivity index (χ4v) is 1.58. The Morgan fingerprint density at radius 1 is 1.39 bits per heavy atom. The van der Waals surface area contributed by atoms with Crippen LogP contribution in [0.4, 0.5) is 0 Å². The van der Waals surface area contributed by atoms with Crippen LogP contribution in [-0.2, 0) is 6.54 Å². The van der Waals surface area contributed by atoms with Gasteiger partial charge in [0, 0.05) is 11.1 Å². The zero-order chi connectivity index (χ0) is 13.7. The summed E-state index contributed by atoms with van der Waals surface area (Å²) in [5.41, 5.74) is -0.406. The summed E-state index contributed by atoms with van der Waals surface area (Å²) in [4.78, 5) is 19.9. The second-order valence-corrected chi connectivity index (χ2v) is 4.68. The Labute approximate surface area is 114 Å². The molecule has 18 heavy (non-hydrogen) atoms. The number of nitrogens with one attached hydrogen (secondary N) is 1. The van der Waals surface area contributed by atoms with Crippen LogP contribution in [-0.4, -0.2) is 34.1 Å². The van der Waals surface area contributed by atoms with Gasteiger partial charge < -0.3 is 15.0 Å². The van der Waals surface area contributed by atoms with Crippen LogP contribution in [0.25, 0.3) is 0 Å². The summed E-state index contributed by atoms with van der Waals surface area (Å²) in [6.45, 7) is 0.405. The minimum Gasteiger partial charge on any atom is -0.505 e. The number of H-pyrrole nitrogens is 1. The molecule has 5 nitrogen and oxygen atoms in total. The lowest BCUT2D eigenvalue weighted by molar-refractivity contribution is 0.389. The number of hydrogen-bond donors (Lipinski definition) is 2. The topological polar surface area (TPSA) is 69.2 Å². The third-order valence-corrected chi connectivity index (χ3v) is 2.38. The number of aromatic amines is 1. The molecule has 0 radical (unpaired) electrons. The SMILES string of the molecule is CN(C)Cc1ncc(O)c(Cl)cc(Cl)cc(=O)[nH]1. The summed E-state index contributed by atoms with van der Waals surface area (Å²) in [5, 5.41) is 9.70. The van der Waals surface area contributed by atoms with Crippen molar-refractivity contribution in [3.63, 3.8) is 0 Å². The van der Waals surface area contributed by atoms with Crippen LogP contribution in [0.15, 0.2) is 23.1 Å². The summed E-state index contributed by atoms with van der Waals surface area (Å²) in [6, 6.07) is 2.43. The first-order chi connectivity index (χ1) is 8.38. The molecular formula is C11H13Cl2N3O2. The van der Waals surface area contributed by atoms with Crippen molar-refractivity contribution < 1.29 is 5.11 Å². The molecule has 0 aliphatic carbocycles. The Bertz CT molecular complexity index is 542. The molecular weight excluding hydrogens is 277 g/mol. The molecule has 1 rings (SSSR count). The molecule has 0 unspecified atom stereocenters. The van der Waals surface area contributed by atoms with Crippen LogP contribution in [0.1, 0.15) is 5.82 Å². The van der Waals surface area contributed by atoms with E-state index in [4.69, 9.17) is 23.2 Å². The largest absolute Gasteiger partial charge is 0.505 e. The molecule has 1 aromatic heterocycles. The van der Waals surface area contributed by atoms with Crippen LogP contribution < -0.4 is 5.56 Å². The lowest BCUT2D eigenvalue weighted by Gasteiger charge is -2.06. The van der Waals surface area contributed by atoms with Crippen LogP contribution in [0.5, 0.6) is 5.75 Å². The Balaban J connectivity index is 3.49. The van der Waals surface area contributed by atoms with E-state index in [9.17, 15) is 9.90 Å². The van der Waals surface area contributed by atoms with Gasteiger partial charge in [-0.25, -0.2) is 4.98 Å². The summed E-state index contributed by atoms with van der Waals surface area (Å²) in [6.07, 6.45) is 1.16. The van der Waals surface area contributed by atoms with Gasteiger partial charge >= 0.3 is 0 Å². The number of halogens is 2. The molecule has 2 N–H and O–H groups in total. The first-order valence-corrected chi connectivity index (χ1v) is 5.80. The van der Waals surface area contributed by atoms with Gasteiger partial charge in [0.15, 0.2) is 5.75 Å². The molecule has 0 saturated heterocycles. The first kappa shape index (κ1) is 14.8. The second-order valence-electron chi connectivity index (χ2n) is 3.84. The number of aromatic hydroxyl groups is 1. The average molecular weight is 290 g/mol. The van der Waals surface area contributed by atoms with E-state index in [1.165, 1.54) is 6.07 Å². The molecule has 98 valence electrons. The van der Waals surface area contributed by atoms with E-state index in [2.05, 4.69) is 9.97 Å². The highest BCUT2D eigenvalue weighted by Gasteiger charge is 1.98. The molecule has 0 aliphatic heterocycles. The molecule has 1 aromatic rings. The third-order valence-electron chi connectivity index (χ3n) is 1.85. The number of nitrogens with zero attached hydrogens (tertiary/aromatic N) is 2. The molecule has 1 heterocycles. The van der Waals surface area contributed by atoms with Gasteiger partial charge in [0.25, 0.3) is 5.56 Å². The van der Waals surface area contributed by atoms with E-state index in [0.717, 1.165) is 12.3 Å². The summed E-state index contributed by atoms with van der Waals surface area (Å²) in [5.74, 6) is 0.152. The maximum Gasteiger partial charge on any atom is 0.250 e. The standard InChI is InChI=1S/C11H13Cl2N3O2/c1-16(2)6-10-14-5-9(17)8(13)3-7(12)4-11(18)15-10/h3-5,17H,6H2,1-2H3,(H,14,15,18). The first-order valence-electron chi connectivity index (χ1n) is 5.05. The third kappa shape index (κ3) is 4.91. The Morgan fingerprint density at radius 3 is 2.67 bits per heavy atom. The number of aromatic nitrogens is 2. The van der Waals surface area contributed by atoms with Crippen molar-refractivity contribution in [3.8, 4) is 5.75 Å². The van der Waals surface area contributed by atoms with Gasteiger partial charge in [-0.3, -0.25) is 4.79 Å². The molecule has 0 fully saturated rings. The van der Waals surface area contributed by atoms with Crippen molar-refractivity contribution in [2.75, 3.05) is 14.1 Å². The van der Waals surface area contributed by atoms with Crippen molar-refractivity contribution in [2.24, 2.45) is 0 Å². The van der Waals surface area contributed by atoms with E-state index >= 15 is 0 Å². The minimum absolute atomic E-state index is 0.0129. The van der Waals surface area contributed by atoms with E-state index in [0.29, 0.717) is 12.4 Å². The highest BCUT2D eigenvalue weighted by molar-refractivity contribution is 6.34. The van der Waals surface area contributed by atoms with Gasteiger partial charge in [-0.15, -0.1) is 0 Å². The van der Waals surface area contributed by atoms with Crippen molar-refractivity contribution in [1.29, 1.82) is 0 Å². The molecule has 0 atom stereocenters. The summed E-state index contributed by atoms with van der Waals surface area (Å²) < 4.78 is 0. The molecule has 0 bridgehead atoms. The molecule has 0 spiro atoms. The van der Waals surface area contributed by atoms with E-state index in [1.807, 2.05) is 19.0 Å². The van der Waals surface area contributed by atoms with Gasteiger partial charge in [-0.1, -0.05) is 23.2 Å². The predicted molar refractivity (Wildman–Crippen MR) is 71.6 cm³/mol. The molecule has 0 aromatic carbocycles. The predicted octanol–water partition coefficient (Wildman–Crippen LogP) is 1.97. The quantitative estimate of drug-likeness (QED) is 0.873. The van der Waals surface area contributed by atoms with Crippen LogP contribution in [0.3, 0.4) is 0 Å². The van der Waals surface area contributed by atoms with Crippen LogP contribution in [0, 0.1) is 0 Å². The highest BCUT2D eigenvalue weighted by Crippen LogP contribution is 2.21. The number of hydrogen-bond acceptors (Lipinski definition) is 4. The monoisotopic (exact) mass is 289 g/mol. The van der Waals surface area contributed by atoms with Crippen molar-refractivity contribution in [1.82, 2.24) is 14.9 Å². The molecule has 0 amide bonds. The van der Waals surface area contributed by atoms with Crippen LogP contribution >= 0.6 is 23.2 Å². The van der Waals surface area contributed by atoms with E-state index < -0.39 is 5.56 Å². The van der Waals surface area contributed by atoms with Crippen molar-refractivity contribution in [2.45, 2.75) is 6.54 Å². The fourth-order valence-electron chi connectivity index (χ4n) is 1.15. The van der Waals surface area contributed by atoms with Gasteiger partial charge in [-0.05, 0) is 20.2 Å². The lowest BCUT2D eigenvalue weighted by atomic mass is 10.4. The lowest BCUT2D eigenvalue weighted by Crippen LogP contribution is -2.15. The van der Waals surface area contributed by atoms with Gasteiger partial charge in [-0.2, -0.15) is 0 Å². The van der Waals surface area contributed by atoms with Gasteiger partial charge in [0.1, 0.15) is 5.82 Å². The number of rotatable bonds is 2. The molecule has 7 heteroatoms. The van der Waals surface area contributed by atoms with E-state index in [1.54, 1.807) is 0 Å². The Morgan fingerprint density at radius 2 is 2.06 bits per heavy atom. The normalized spacial score (nSPS) is 10.3. The summed E-state index contributed by atoms with van der Waals surface area (Å²) in [7, 11) is 3.65. The highest BCUT2D eigenvalue weighted by atomic mass is 35.5.